The molecule has 16 heavy (non-hydrogen) atoms. The maximum Gasteiger partial charge on any atom is 0.356 e. The van der Waals surface area contributed by atoms with Crippen LogP contribution in [0.4, 0.5) is 0 Å². The van der Waals surface area contributed by atoms with E-state index >= 15 is 0 Å². The van der Waals surface area contributed by atoms with Crippen LogP contribution in [-0.2, 0) is 4.74 Å². The number of esters is 1. The normalized spacial score (nSPS) is 17.3. The lowest BCUT2D eigenvalue weighted by Crippen LogP contribution is -2.30. The summed E-state index contributed by atoms with van der Waals surface area (Å²) in [6, 6.07) is 0.364. The minimum atomic E-state index is -0.279. The molecule has 1 aliphatic heterocycles. The summed E-state index contributed by atoms with van der Waals surface area (Å²) in [6.07, 6.45) is 5.37. The van der Waals surface area contributed by atoms with Gasteiger partial charge < -0.3 is 14.6 Å². The molecule has 0 amide bonds. The lowest BCUT2D eigenvalue weighted by molar-refractivity contribution is 0.0510. The molecule has 0 radical (unpaired) electrons. The van der Waals surface area contributed by atoms with Crippen molar-refractivity contribution in [2.45, 2.75) is 25.8 Å². The Bertz CT molecular complexity index is 356. The van der Waals surface area contributed by atoms with Gasteiger partial charge in [0.2, 0.25) is 0 Å². The van der Waals surface area contributed by atoms with Crippen molar-refractivity contribution in [3.05, 3.63) is 18.2 Å². The zero-order chi connectivity index (χ0) is 11.4. The van der Waals surface area contributed by atoms with Crippen LogP contribution < -0.4 is 5.32 Å². The van der Waals surface area contributed by atoms with E-state index < -0.39 is 0 Å². The molecule has 2 rings (SSSR count). The van der Waals surface area contributed by atoms with Gasteiger partial charge in [-0.25, -0.2) is 9.78 Å². The second-order valence-corrected chi connectivity index (χ2v) is 3.89. The highest BCUT2D eigenvalue weighted by atomic mass is 16.5. The largest absolute Gasteiger partial charge is 0.461 e. The Balaban J connectivity index is 2.14. The molecular formula is C11H17N3O2. The van der Waals surface area contributed by atoms with Crippen molar-refractivity contribution in [2.24, 2.45) is 0 Å². The third-order valence-corrected chi connectivity index (χ3v) is 2.85. The van der Waals surface area contributed by atoms with Crippen LogP contribution in [0.1, 0.15) is 36.3 Å². The molecule has 1 aromatic rings. The van der Waals surface area contributed by atoms with Crippen molar-refractivity contribution in [3.63, 3.8) is 0 Å². The first-order chi connectivity index (χ1) is 7.83. The number of aromatic nitrogens is 2. The summed E-state index contributed by atoms with van der Waals surface area (Å²) < 4.78 is 6.95. The molecule has 0 aliphatic carbocycles. The van der Waals surface area contributed by atoms with Gasteiger partial charge in [-0.05, 0) is 32.9 Å². The maximum atomic E-state index is 11.7. The van der Waals surface area contributed by atoms with Gasteiger partial charge >= 0.3 is 5.97 Å². The topological polar surface area (TPSA) is 56.1 Å². The summed E-state index contributed by atoms with van der Waals surface area (Å²) in [4.78, 5) is 15.7. The molecular weight excluding hydrogens is 206 g/mol. The lowest BCUT2D eigenvalue weighted by Gasteiger charge is -2.24. The molecule has 0 unspecified atom stereocenters. The van der Waals surface area contributed by atoms with Crippen molar-refractivity contribution in [1.82, 2.24) is 14.9 Å². The summed E-state index contributed by atoms with van der Waals surface area (Å²) >= 11 is 0. The molecule has 1 N–H and O–H groups in total. The second-order valence-electron chi connectivity index (χ2n) is 3.89. The van der Waals surface area contributed by atoms with Gasteiger partial charge in [-0.3, -0.25) is 0 Å². The van der Waals surface area contributed by atoms with E-state index in [-0.39, 0.29) is 5.97 Å². The highest BCUT2D eigenvalue weighted by molar-refractivity contribution is 5.87. The standard InChI is InChI=1S/C11H17N3O2/c1-2-16-11(15)10-7-13-8-14(10)9-3-5-12-6-4-9/h7-9,12H,2-6H2,1H3. The number of carbonyl (C=O) groups is 1. The number of ether oxygens (including phenoxy) is 1. The Morgan fingerprint density at radius 2 is 2.38 bits per heavy atom. The highest BCUT2D eigenvalue weighted by Gasteiger charge is 2.21. The maximum absolute atomic E-state index is 11.7. The SMILES string of the molecule is CCOC(=O)c1cncn1C1CCNCC1. The van der Waals surface area contributed by atoms with E-state index in [2.05, 4.69) is 10.3 Å². The number of carbonyl (C=O) groups excluding carboxylic acids is 1. The van der Waals surface area contributed by atoms with Crippen molar-refractivity contribution in [1.29, 1.82) is 0 Å². The van der Waals surface area contributed by atoms with Crippen LogP contribution >= 0.6 is 0 Å². The van der Waals surface area contributed by atoms with Crippen molar-refractivity contribution < 1.29 is 9.53 Å². The molecule has 1 saturated heterocycles. The number of hydrogen-bond donors (Lipinski definition) is 1. The fourth-order valence-corrected chi connectivity index (χ4v) is 2.04. The van der Waals surface area contributed by atoms with Gasteiger partial charge in [-0.15, -0.1) is 0 Å². The third-order valence-electron chi connectivity index (χ3n) is 2.85. The minimum Gasteiger partial charge on any atom is -0.461 e. The van der Waals surface area contributed by atoms with Crippen molar-refractivity contribution >= 4 is 5.97 Å². The fourth-order valence-electron chi connectivity index (χ4n) is 2.04. The smallest absolute Gasteiger partial charge is 0.356 e. The number of rotatable bonds is 3. The molecule has 1 aliphatic rings. The van der Waals surface area contributed by atoms with Gasteiger partial charge in [0.25, 0.3) is 0 Å². The van der Waals surface area contributed by atoms with E-state index in [1.54, 1.807) is 12.5 Å². The first-order valence-corrected chi connectivity index (χ1v) is 5.72. The monoisotopic (exact) mass is 223 g/mol. The zero-order valence-electron chi connectivity index (χ0n) is 9.48. The predicted octanol–water partition coefficient (Wildman–Crippen LogP) is 0.984. The predicted molar refractivity (Wildman–Crippen MR) is 59.3 cm³/mol. The molecule has 88 valence electrons. The summed E-state index contributed by atoms with van der Waals surface area (Å²) in [5.74, 6) is -0.279. The summed E-state index contributed by atoms with van der Waals surface area (Å²) in [5, 5.41) is 3.30. The number of hydrogen-bond acceptors (Lipinski definition) is 4. The quantitative estimate of drug-likeness (QED) is 0.776. The lowest BCUT2D eigenvalue weighted by atomic mass is 10.1. The van der Waals surface area contributed by atoms with Gasteiger partial charge in [0.1, 0.15) is 5.69 Å². The Hall–Kier alpha value is -1.36. The van der Waals surface area contributed by atoms with Gasteiger partial charge in [-0.1, -0.05) is 0 Å². The average molecular weight is 223 g/mol. The molecule has 1 aromatic heterocycles. The number of piperidine rings is 1. The van der Waals surface area contributed by atoms with Crippen molar-refractivity contribution in [3.8, 4) is 0 Å². The number of nitrogens with one attached hydrogen (secondary N) is 1. The second kappa shape index (κ2) is 5.12. The van der Waals surface area contributed by atoms with E-state index in [4.69, 9.17) is 4.74 Å². The van der Waals surface area contributed by atoms with E-state index in [0.717, 1.165) is 25.9 Å². The van der Waals surface area contributed by atoms with E-state index in [9.17, 15) is 4.79 Å². The van der Waals surface area contributed by atoms with Crippen LogP contribution in [0, 0.1) is 0 Å². The number of imidazole rings is 1. The van der Waals surface area contributed by atoms with E-state index in [0.29, 0.717) is 18.3 Å². The molecule has 1 fully saturated rings. The Kier molecular flexibility index (Phi) is 3.56. The molecule has 0 bridgehead atoms. The molecule has 5 nitrogen and oxygen atoms in total. The average Bonchev–Trinajstić information content (AvgIpc) is 2.79. The summed E-state index contributed by atoms with van der Waals surface area (Å²) in [6.45, 7) is 4.19. The first kappa shape index (κ1) is 11.1. The van der Waals surface area contributed by atoms with Crippen LogP contribution in [0.25, 0.3) is 0 Å². The molecule has 5 heteroatoms. The van der Waals surface area contributed by atoms with Gasteiger partial charge in [-0.2, -0.15) is 0 Å². The van der Waals surface area contributed by atoms with Gasteiger partial charge in [0.05, 0.1) is 19.1 Å². The van der Waals surface area contributed by atoms with Gasteiger partial charge in [0, 0.05) is 6.04 Å². The minimum absolute atomic E-state index is 0.279. The molecule has 0 spiro atoms. The van der Waals surface area contributed by atoms with Crippen LogP contribution in [-0.4, -0.2) is 35.2 Å². The molecule has 0 atom stereocenters. The van der Waals surface area contributed by atoms with Crippen LogP contribution in [0.2, 0.25) is 0 Å². The molecule has 0 aromatic carbocycles. The van der Waals surface area contributed by atoms with E-state index in [1.807, 2.05) is 11.5 Å². The van der Waals surface area contributed by atoms with Crippen LogP contribution in [0.5, 0.6) is 0 Å². The molecule has 2 heterocycles. The Labute approximate surface area is 94.8 Å². The first-order valence-electron chi connectivity index (χ1n) is 5.72. The Morgan fingerprint density at radius 3 is 3.06 bits per heavy atom. The van der Waals surface area contributed by atoms with Gasteiger partial charge in [0.15, 0.2) is 0 Å². The van der Waals surface area contributed by atoms with Crippen LogP contribution in [0.15, 0.2) is 12.5 Å². The highest BCUT2D eigenvalue weighted by Crippen LogP contribution is 2.20. The third kappa shape index (κ3) is 2.24. The summed E-state index contributed by atoms with van der Waals surface area (Å²) in [5.41, 5.74) is 0.564. The van der Waals surface area contributed by atoms with Crippen LogP contribution in [0.3, 0.4) is 0 Å². The summed E-state index contributed by atoms with van der Waals surface area (Å²) in [7, 11) is 0. The fraction of sp³-hybridized carbons (Fsp3) is 0.636. The zero-order valence-corrected chi connectivity index (χ0v) is 9.48. The Morgan fingerprint density at radius 1 is 1.62 bits per heavy atom. The van der Waals surface area contributed by atoms with E-state index in [1.165, 1.54) is 0 Å². The number of nitrogens with zero attached hydrogens (tertiary/aromatic N) is 2. The van der Waals surface area contributed by atoms with Crippen molar-refractivity contribution in [2.75, 3.05) is 19.7 Å². The molecule has 0 saturated carbocycles.